The first-order valence-electron chi connectivity index (χ1n) is 9.81. The fourth-order valence-corrected chi connectivity index (χ4v) is 2.65. The number of unbranched alkanes of at least 4 members (excludes halogenated alkanes) is 1. The normalized spacial score (nSPS) is 10.2. The van der Waals surface area contributed by atoms with Crippen LogP contribution in [0.2, 0.25) is 0 Å². The molecule has 0 fully saturated rings. The lowest BCUT2D eigenvalue weighted by Crippen LogP contribution is -2.15. The lowest BCUT2D eigenvalue weighted by molar-refractivity contribution is -0.138. The van der Waals surface area contributed by atoms with E-state index in [-0.39, 0.29) is 24.1 Å². The van der Waals surface area contributed by atoms with Crippen LogP contribution in [-0.4, -0.2) is 26.2 Å². The van der Waals surface area contributed by atoms with Crippen molar-refractivity contribution in [2.24, 2.45) is 0 Å². The number of benzene rings is 2. The smallest absolute Gasteiger partial charge is 0.325 e. The van der Waals surface area contributed by atoms with Gasteiger partial charge < -0.3 is 15.4 Å². The lowest BCUT2D eigenvalue weighted by atomic mass is 10.1. The Morgan fingerprint density at radius 1 is 1.03 bits per heavy atom. The molecule has 0 aliphatic carbocycles. The summed E-state index contributed by atoms with van der Waals surface area (Å²) in [4.78, 5) is 10.9. The summed E-state index contributed by atoms with van der Waals surface area (Å²) in [5.41, 5.74) is 3.71. The Labute approximate surface area is 172 Å². The highest BCUT2D eigenvalue weighted by atomic mass is 19.1. The number of rotatable bonds is 8. The number of carbonyl (C=O) groups excluding carboxylic acids is 1. The molecule has 0 aromatic heterocycles. The molecule has 0 bridgehead atoms. The summed E-state index contributed by atoms with van der Waals surface area (Å²) < 4.78 is 30.7. The number of carbonyl (C=O) groups is 1. The first-order chi connectivity index (χ1) is 13.8. The van der Waals surface area contributed by atoms with Crippen molar-refractivity contribution in [3.8, 4) is 0 Å². The molecule has 2 aromatic carbocycles. The van der Waals surface area contributed by atoms with Gasteiger partial charge in [-0.3, -0.25) is 4.79 Å². The Kier molecular flexibility index (Phi) is 10.9. The molecule has 6 heteroatoms. The van der Waals surface area contributed by atoms with Gasteiger partial charge in [0.1, 0.15) is 18.2 Å². The predicted octanol–water partition coefficient (Wildman–Crippen LogP) is 5.05. The molecule has 160 valence electrons. The molecule has 0 aliphatic heterocycles. The number of hydrogen-bond acceptors (Lipinski definition) is 4. The van der Waals surface area contributed by atoms with Gasteiger partial charge in [-0.15, -0.1) is 0 Å². The average molecular weight is 407 g/mol. The molecule has 2 rings (SSSR count). The van der Waals surface area contributed by atoms with E-state index in [1.165, 1.54) is 26.0 Å². The van der Waals surface area contributed by atoms with Gasteiger partial charge in [-0.25, -0.2) is 8.78 Å². The van der Waals surface area contributed by atoms with E-state index in [4.69, 9.17) is 0 Å². The summed E-state index contributed by atoms with van der Waals surface area (Å²) in [6, 6.07) is 8.58. The molecule has 0 heterocycles. The van der Waals surface area contributed by atoms with E-state index in [0.29, 0.717) is 11.1 Å². The van der Waals surface area contributed by atoms with E-state index < -0.39 is 0 Å². The van der Waals surface area contributed by atoms with Crippen LogP contribution in [0.5, 0.6) is 0 Å². The second-order valence-electron chi connectivity index (χ2n) is 6.97. The van der Waals surface area contributed by atoms with E-state index in [9.17, 15) is 13.6 Å². The van der Waals surface area contributed by atoms with Crippen LogP contribution in [0, 0.1) is 32.4 Å². The largest absolute Gasteiger partial charge is 0.468 e. The number of halogens is 2. The van der Waals surface area contributed by atoms with Crippen molar-refractivity contribution >= 4 is 11.7 Å². The molecule has 0 atom stereocenters. The van der Waals surface area contributed by atoms with Crippen LogP contribution in [-0.2, 0) is 16.1 Å². The van der Waals surface area contributed by atoms with E-state index in [2.05, 4.69) is 22.3 Å². The molecule has 0 amide bonds. The second-order valence-corrected chi connectivity index (χ2v) is 6.97. The van der Waals surface area contributed by atoms with Crippen LogP contribution in [0.3, 0.4) is 0 Å². The topological polar surface area (TPSA) is 50.4 Å². The van der Waals surface area contributed by atoms with Crippen molar-refractivity contribution < 1.29 is 18.3 Å². The fourth-order valence-electron chi connectivity index (χ4n) is 2.65. The zero-order valence-electron chi connectivity index (χ0n) is 18.0. The first kappa shape index (κ1) is 24.6. The Bertz CT molecular complexity index is 771. The summed E-state index contributed by atoms with van der Waals surface area (Å²) in [6.45, 7) is 9.29. The molecule has 0 saturated heterocycles. The minimum Gasteiger partial charge on any atom is -0.468 e. The molecule has 29 heavy (non-hydrogen) atoms. The second kappa shape index (κ2) is 12.9. The molecule has 2 N–H and O–H groups in total. The molecule has 0 aliphatic rings. The summed E-state index contributed by atoms with van der Waals surface area (Å²) in [6.07, 6.45) is 2.40. The molecule has 0 radical (unpaired) electrons. The van der Waals surface area contributed by atoms with Gasteiger partial charge in [-0.2, -0.15) is 0 Å². The third-order valence-electron chi connectivity index (χ3n) is 4.36. The van der Waals surface area contributed by atoms with Crippen molar-refractivity contribution in [3.05, 3.63) is 64.2 Å². The van der Waals surface area contributed by atoms with Crippen molar-refractivity contribution in [1.29, 1.82) is 0 Å². The molecule has 0 spiro atoms. The highest BCUT2D eigenvalue weighted by molar-refractivity contribution is 5.74. The first-order valence-corrected chi connectivity index (χ1v) is 9.81. The predicted molar refractivity (Wildman–Crippen MR) is 114 cm³/mol. The van der Waals surface area contributed by atoms with Gasteiger partial charge in [0, 0.05) is 12.2 Å². The van der Waals surface area contributed by atoms with E-state index in [1.54, 1.807) is 32.9 Å². The van der Waals surface area contributed by atoms with Crippen LogP contribution < -0.4 is 10.6 Å². The third-order valence-corrected chi connectivity index (χ3v) is 4.36. The number of aryl methyl sites for hydroxylation is 3. The number of hydrogen-bond donors (Lipinski definition) is 2. The quantitative estimate of drug-likeness (QED) is 0.476. The maximum atomic E-state index is 13.3. The van der Waals surface area contributed by atoms with Crippen molar-refractivity contribution in [3.63, 3.8) is 0 Å². The van der Waals surface area contributed by atoms with Crippen LogP contribution in [0.4, 0.5) is 14.5 Å². The SMILES string of the molecule is CCCCNCc1ccc(F)c(C)c1.COC(=O)CNc1cc(C)c(F)c(C)c1. The van der Waals surface area contributed by atoms with Gasteiger partial charge in [0.05, 0.1) is 7.11 Å². The number of esters is 1. The summed E-state index contributed by atoms with van der Waals surface area (Å²) in [5.74, 6) is -0.685. The monoisotopic (exact) mass is 406 g/mol. The van der Waals surface area contributed by atoms with Crippen LogP contribution in [0.15, 0.2) is 30.3 Å². The minimum atomic E-state index is -0.352. The zero-order chi connectivity index (χ0) is 21.8. The summed E-state index contributed by atoms with van der Waals surface area (Å²) >= 11 is 0. The Morgan fingerprint density at radius 3 is 2.24 bits per heavy atom. The fraction of sp³-hybridized carbons (Fsp3) is 0.435. The molecule has 4 nitrogen and oxygen atoms in total. The van der Waals surface area contributed by atoms with Gasteiger partial charge >= 0.3 is 5.97 Å². The molecule has 2 aromatic rings. The number of nitrogens with one attached hydrogen (secondary N) is 2. The Hall–Kier alpha value is -2.47. The summed E-state index contributed by atoms with van der Waals surface area (Å²) in [7, 11) is 1.32. The van der Waals surface area contributed by atoms with E-state index >= 15 is 0 Å². The highest BCUT2D eigenvalue weighted by Gasteiger charge is 2.05. The van der Waals surface area contributed by atoms with Gasteiger partial charge in [-0.1, -0.05) is 25.5 Å². The minimum absolute atomic E-state index is 0.0843. The van der Waals surface area contributed by atoms with Gasteiger partial charge in [0.2, 0.25) is 0 Å². The Balaban J connectivity index is 0.000000291. The lowest BCUT2D eigenvalue weighted by Gasteiger charge is -2.08. The summed E-state index contributed by atoms with van der Waals surface area (Å²) in [5, 5.41) is 6.19. The number of methoxy groups -OCH3 is 1. The standard InChI is InChI=1S/C12H18FN.C11H14FNO2/c1-3-4-7-14-9-11-5-6-12(13)10(2)8-11;1-7-4-9(5-8(2)11(7)12)13-6-10(14)15-3/h5-6,8,14H,3-4,7,9H2,1-2H3;4-5,13H,6H2,1-3H3. The maximum Gasteiger partial charge on any atom is 0.325 e. The highest BCUT2D eigenvalue weighted by Crippen LogP contribution is 2.18. The maximum absolute atomic E-state index is 13.3. The number of ether oxygens (including phenoxy) is 1. The van der Waals surface area contributed by atoms with Crippen molar-refractivity contribution in [2.75, 3.05) is 25.5 Å². The third kappa shape index (κ3) is 9.05. The van der Waals surface area contributed by atoms with E-state index in [0.717, 1.165) is 29.9 Å². The zero-order valence-corrected chi connectivity index (χ0v) is 18.0. The Morgan fingerprint density at radius 2 is 1.69 bits per heavy atom. The molecule has 0 unspecified atom stereocenters. The average Bonchev–Trinajstić information content (AvgIpc) is 2.70. The van der Waals surface area contributed by atoms with Crippen molar-refractivity contribution in [2.45, 2.75) is 47.1 Å². The van der Waals surface area contributed by atoms with Crippen LogP contribution >= 0.6 is 0 Å². The van der Waals surface area contributed by atoms with Crippen LogP contribution in [0.25, 0.3) is 0 Å². The number of anilines is 1. The molecule has 0 saturated carbocycles. The van der Waals surface area contributed by atoms with Gasteiger partial charge in [0.25, 0.3) is 0 Å². The van der Waals surface area contributed by atoms with Crippen molar-refractivity contribution in [1.82, 2.24) is 5.32 Å². The van der Waals surface area contributed by atoms with Gasteiger partial charge in [0.15, 0.2) is 0 Å². The van der Waals surface area contributed by atoms with Gasteiger partial charge in [-0.05, 0) is 74.2 Å². The molecular weight excluding hydrogens is 374 g/mol. The van der Waals surface area contributed by atoms with Crippen LogP contribution in [0.1, 0.15) is 42.0 Å². The van der Waals surface area contributed by atoms with E-state index in [1.807, 2.05) is 12.1 Å². The molecular formula is C23H32F2N2O2.